The van der Waals surface area contributed by atoms with Gasteiger partial charge < -0.3 is 30.7 Å². The van der Waals surface area contributed by atoms with Gasteiger partial charge >= 0.3 is 6.09 Å². The molecule has 10 nitrogen and oxygen atoms in total. The average molecular weight is 569 g/mol. The minimum absolute atomic E-state index is 0.221. The Kier molecular flexibility index (Phi) is 12.6. The van der Waals surface area contributed by atoms with Crippen molar-refractivity contribution in [3.63, 3.8) is 0 Å². The monoisotopic (exact) mass is 568 g/mol. The number of primary amides is 1. The van der Waals surface area contributed by atoms with Crippen molar-refractivity contribution in [1.29, 1.82) is 0 Å². The number of nitrogens with one attached hydrogen (secondary N) is 2. The van der Waals surface area contributed by atoms with Gasteiger partial charge in [0, 0.05) is 12.2 Å². The molecule has 0 saturated heterocycles. The molecule has 0 saturated carbocycles. The Hall–Kier alpha value is -4.08. The third-order valence-electron chi connectivity index (χ3n) is 6.21. The highest BCUT2D eigenvalue weighted by molar-refractivity contribution is 5.99. The zero-order valence-electron chi connectivity index (χ0n) is 25.0. The average Bonchev–Trinajstić information content (AvgIpc) is 2.88. The molecule has 0 aliphatic rings. The van der Waals surface area contributed by atoms with E-state index in [1.807, 2.05) is 25.1 Å². The summed E-state index contributed by atoms with van der Waals surface area (Å²) in [5.41, 5.74) is 6.67. The highest BCUT2D eigenvalue weighted by Crippen LogP contribution is 2.27. The molecule has 0 aliphatic carbocycles. The number of unbranched alkanes of at least 4 members (excludes halogenated alkanes) is 3. The Balaban J connectivity index is 2.53. The lowest BCUT2D eigenvalue weighted by molar-refractivity contribution is -0.142. The molecule has 0 radical (unpaired) electrons. The fourth-order valence-electron chi connectivity index (χ4n) is 4.32. The third kappa shape index (κ3) is 11.1. The van der Waals surface area contributed by atoms with Gasteiger partial charge in [-0.2, -0.15) is 0 Å². The van der Waals surface area contributed by atoms with Crippen molar-refractivity contribution in [3.8, 4) is 5.75 Å². The quantitative estimate of drug-likeness (QED) is 0.278. The first-order valence-corrected chi connectivity index (χ1v) is 13.9. The van der Waals surface area contributed by atoms with Gasteiger partial charge in [-0.3, -0.25) is 14.4 Å². The molecule has 0 fully saturated rings. The maximum atomic E-state index is 14.1. The van der Waals surface area contributed by atoms with E-state index in [1.54, 1.807) is 58.2 Å². The zero-order chi connectivity index (χ0) is 30.6. The molecule has 0 spiro atoms. The molecule has 0 aromatic heterocycles. The SMILES string of the molecule is CCCCCCN(C(=O)C(CC(N)=O)NC(=O)OC(C)(C)C)C(C(=O)Nc1ccc(OC)cc1)c1cccc(C)c1. The third-order valence-corrected chi connectivity index (χ3v) is 6.21. The van der Waals surface area contributed by atoms with Crippen molar-refractivity contribution in [2.24, 2.45) is 5.73 Å². The molecule has 0 bridgehead atoms. The van der Waals surface area contributed by atoms with Gasteiger partial charge in [-0.05, 0) is 63.9 Å². The van der Waals surface area contributed by atoms with E-state index in [0.717, 1.165) is 24.8 Å². The first-order chi connectivity index (χ1) is 19.3. The normalized spacial score (nSPS) is 12.5. The van der Waals surface area contributed by atoms with E-state index in [0.29, 0.717) is 23.4 Å². The molecule has 0 aliphatic heterocycles. The maximum absolute atomic E-state index is 14.1. The minimum Gasteiger partial charge on any atom is -0.497 e. The molecule has 10 heteroatoms. The van der Waals surface area contributed by atoms with E-state index in [-0.39, 0.29) is 6.54 Å². The molecule has 0 heterocycles. The molecule has 4 N–H and O–H groups in total. The smallest absolute Gasteiger partial charge is 0.408 e. The molecule has 2 aromatic carbocycles. The summed E-state index contributed by atoms with van der Waals surface area (Å²) in [6.45, 7) is 9.26. The van der Waals surface area contributed by atoms with Crippen molar-refractivity contribution in [3.05, 3.63) is 59.7 Å². The summed E-state index contributed by atoms with van der Waals surface area (Å²) in [6, 6.07) is 11.8. The van der Waals surface area contributed by atoms with Gasteiger partial charge in [-0.25, -0.2) is 4.79 Å². The number of rotatable bonds is 14. The molecule has 4 amide bonds. The molecular formula is C31H44N4O6. The van der Waals surface area contributed by atoms with E-state index in [1.165, 1.54) is 4.90 Å². The van der Waals surface area contributed by atoms with Gasteiger partial charge in [0.05, 0.1) is 13.5 Å². The van der Waals surface area contributed by atoms with Gasteiger partial charge in [0.15, 0.2) is 0 Å². The fraction of sp³-hybridized carbons (Fsp3) is 0.484. The van der Waals surface area contributed by atoms with Gasteiger partial charge in [0.2, 0.25) is 11.8 Å². The van der Waals surface area contributed by atoms with Crippen LogP contribution in [0, 0.1) is 6.92 Å². The molecule has 41 heavy (non-hydrogen) atoms. The van der Waals surface area contributed by atoms with Crippen LogP contribution in [-0.2, 0) is 19.1 Å². The first kappa shape index (κ1) is 33.1. The summed E-state index contributed by atoms with van der Waals surface area (Å²) in [5.74, 6) is -1.20. The standard InChI is InChI=1S/C31H44N4O6/c1-7-8-9-10-18-35(29(38)25(20-26(32)36)34-30(39)41-31(3,4)5)27(22-13-11-12-21(2)19-22)28(37)33-23-14-16-24(40-6)17-15-23/h11-17,19,25,27H,7-10,18,20H2,1-6H3,(H2,32,36)(H,33,37)(H,34,39). The van der Waals surface area contributed by atoms with Crippen LogP contribution in [0.5, 0.6) is 5.75 Å². The lowest BCUT2D eigenvalue weighted by atomic mass is 9.99. The van der Waals surface area contributed by atoms with E-state index >= 15 is 0 Å². The summed E-state index contributed by atoms with van der Waals surface area (Å²) in [4.78, 5) is 54.1. The molecular weight excluding hydrogens is 524 g/mol. The largest absolute Gasteiger partial charge is 0.497 e. The van der Waals surface area contributed by atoms with Crippen LogP contribution in [-0.4, -0.2) is 54.0 Å². The van der Waals surface area contributed by atoms with Crippen molar-refractivity contribution in [2.75, 3.05) is 19.0 Å². The number of amides is 4. The predicted molar refractivity (Wildman–Crippen MR) is 158 cm³/mol. The molecule has 2 unspecified atom stereocenters. The Labute approximate surface area is 242 Å². The fourth-order valence-corrected chi connectivity index (χ4v) is 4.32. The molecule has 2 atom stereocenters. The topological polar surface area (TPSA) is 140 Å². The zero-order valence-corrected chi connectivity index (χ0v) is 25.0. The number of nitrogens with two attached hydrogens (primary N) is 1. The van der Waals surface area contributed by atoms with Crippen LogP contribution in [0.4, 0.5) is 10.5 Å². The summed E-state index contributed by atoms with van der Waals surface area (Å²) < 4.78 is 10.5. The van der Waals surface area contributed by atoms with Crippen LogP contribution in [0.1, 0.15) is 77.0 Å². The number of nitrogens with zero attached hydrogens (tertiary/aromatic N) is 1. The Morgan fingerprint density at radius 1 is 1.00 bits per heavy atom. The number of benzene rings is 2. The van der Waals surface area contributed by atoms with Gasteiger partial charge in [-0.15, -0.1) is 0 Å². The highest BCUT2D eigenvalue weighted by atomic mass is 16.6. The van der Waals surface area contributed by atoms with E-state index < -0.39 is 47.9 Å². The molecule has 2 aromatic rings. The number of methoxy groups -OCH3 is 1. The second kappa shape index (κ2) is 15.6. The summed E-state index contributed by atoms with van der Waals surface area (Å²) in [6.07, 6.45) is 2.07. The molecule has 2 rings (SSSR count). The number of hydrogen-bond acceptors (Lipinski definition) is 6. The number of carbonyl (C=O) groups is 4. The van der Waals surface area contributed by atoms with Crippen molar-refractivity contribution in [1.82, 2.24) is 10.2 Å². The Morgan fingerprint density at radius 2 is 1.68 bits per heavy atom. The van der Waals surface area contributed by atoms with Crippen LogP contribution in [0.3, 0.4) is 0 Å². The number of alkyl carbamates (subject to hydrolysis) is 1. The number of ether oxygens (including phenoxy) is 2. The van der Waals surface area contributed by atoms with Crippen LogP contribution in [0.25, 0.3) is 0 Å². The number of hydrogen-bond donors (Lipinski definition) is 3. The van der Waals surface area contributed by atoms with Crippen molar-refractivity contribution >= 4 is 29.5 Å². The van der Waals surface area contributed by atoms with Crippen LogP contribution >= 0.6 is 0 Å². The van der Waals surface area contributed by atoms with Crippen molar-refractivity contribution in [2.45, 2.75) is 84.4 Å². The number of carbonyl (C=O) groups excluding carboxylic acids is 4. The number of anilines is 1. The van der Waals surface area contributed by atoms with Crippen LogP contribution in [0.2, 0.25) is 0 Å². The van der Waals surface area contributed by atoms with Crippen molar-refractivity contribution < 1.29 is 28.7 Å². The lowest BCUT2D eigenvalue weighted by Gasteiger charge is -2.34. The highest BCUT2D eigenvalue weighted by Gasteiger charge is 2.37. The minimum atomic E-state index is -1.32. The van der Waals surface area contributed by atoms with Crippen LogP contribution < -0.4 is 21.1 Å². The van der Waals surface area contributed by atoms with Gasteiger partial charge in [-0.1, -0.05) is 56.0 Å². The first-order valence-electron chi connectivity index (χ1n) is 13.9. The van der Waals surface area contributed by atoms with Gasteiger partial charge in [0.25, 0.3) is 5.91 Å². The summed E-state index contributed by atoms with van der Waals surface area (Å²) >= 11 is 0. The predicted octanol–water partition coefficient (Wildman–Crippen LogP) is 4.86. The van der Waals surface area contributed by atoms with E-state index in [2.05, 4.69) is 17.6 Å². The van der Waals surface area contributed by atoms with E-state index in [4.69, 9.17) is 15.2 Å². The summed E-state index contributed by atoms with van der Waals surface area (Å²) in [7, 11) is 1.55. The lowest BCUT2D eigenvalue weighted by Crippen LogP contribution is -2.53. The van der Waals surface area contributed by atoms with Gasteiger partial charge in [0.1, 0.15) is 23.4 Å². The van der Waals surface area contributed by atoms with Crippen LogP contribution in [0.15, 0.2) is 48.5 Å². The molecule has 224 valence electrons. The Bertz CT molecular complexity index is 1180. The second-order valence-electron chi connectivity index (χ2n) is 11.0. The summed E-state index contributed by atoms with van der Waals surface area (Å²) in [5, 5.41) is 5.41. The number of aryl methyl sites for hydroxylation is 1. The Morgan fingerprint density at radius 3 is 2.24 bits per heavy atom. The maximum Gasteiger partial charge on any atom is 0.408 e. The van der Waals surface area contributed by atoms with E-state index in [9.17, 15) is 19.2 Å². The second-order valence-corrected chi connectivity index (χ2v) is 11.0.